The molecule has 3 aromatic rings. The van der Waals surface area contributed by atoms with Crippen LogP contribution >= 0.6 is 11.8 Å². The van der Waals surface area contributed by atoms with Gasteiger partial charge in [-0.15, -0.1) is 10.2 Å². The van der Waals surface area contributed by atoms with Crippen LogP contribution in [0.15, 0.2) is 58.2 Å². The van der Waals surface area contributed by atoms with Crippen LogP contribution in [0.2, 0.25) is 0 Å². The van der Waals surface area contributed by atoms with E-state index >= 15 is 0 Å². The number of carbonyl (C=O) groups is 1. The SMILES string of the molecule is COc1ccc(-c2nnc(SCC(=O)Nc3ccc(C)cc3)o2)cc1. The lowest BCUT2D eigenvalue weighted by Gasteiger charge is -2.04. The van der Waals surface area contributed by atoms with Gasteiger partial charge in [0, 0.05) is 11.3 Å². The van der Waals surface area contributed by atoms with Gasteiger partial charge < -0.3 is 14.5 Å². The number of thioether (sulfide) groups is 1. The van der Waals surface area contributed by atoms with Crippen LogP contribution in [0.1, 0.15) is 5.56 Å². The zero-order chi connectivity index (χ0) is 17.6. The highest BCUT2D eigenvalue weighted by molar-refractivity contribution is 7.99. The molecule has 0 bridgehead atoms. The molecule has 0 atom stereocenters. The van der Waals surface area contributed by atoms with Gasteiger partial charge in [0.2, 0.25) is 11.8 Å². The van der Waals surface area contributed by atoms with Crippen LogP contribution in [0, 0.1) is 6.92 Å². The van der Waals surface area contributed by atoms with Crippen LogP contribution < -0.4 is 10.1 Å². The number of aryl methyl sites for hydroxylation is 1. The average Bonchev–Trinajstić information content (AvgIpc) is 3.11. The highest BCUT2D eigenvalue weighted by Gasteiger charge is 2.11. The number of hydrogen-bond acceptors (Lipinski definition) is 6. The number of nitrogens with zero attached hydrogens (tertiary/aromatic N) is 2. The van der Waals surface area contributed by atoms with Crippen molar-refractivity contribution in [1.82, 2.24) is 10.2 Å². The maximum Gasteiger partial charge on any atom is 0.277 e. The highest BCUT2D eigenvalue weighted by Crippen LogP contribution is 2.25. The first kappa shape index (κ1) is 17.0. The number of nitrogens with one attached hydrogen (secondary N) is 1. The Kier molecular flexibility index (Phi) is 5.35. The summed E-state index contributed by atoms with van der Waals surface area (Å²) in [5.41, 5.74) is 2.70. The van der Waals surface area contributed by atoms with Gasteiger partial charge in [0.1, 0.15) is 5.75 Å². The molecular weight excluding hydrogens is 338 g/mol. The Hall–Kier alpha value is -2.80. The molecule has 0 saturated carbocycles. The van der Waals surface area contributed by atoms with Crippen LogP contribution in [0.5, 0.6) is 5.75 Å². The van der Waals surface area contributed by atoms with E-state index in [4.69, 9.17) is 9.15 Å². The van der Waals surface area contributed by atoms with E-state index in [-0.39, 0.29) is 11.7 Å². The number of amides is 1. The van der Waals surface area contributed by atoms with Crippen LogP contribution in [-0.4, -0.2) is 29.0 Å². The molecule has 1 aromatic heterocycles. The van der Waals surface area contributed by atoms with Gasteiger partial charge in [0.25, 0.3) is 5.22 Å². The molecule has 1 amide bonds. The van der Waals surface area contributed by atoms with Gasteiger partial charge in [0.15, 0.2) is 0 Å². The summed E-state index contributed by atoms with van der Waals surface area (Å²) in [6, 6.07) is 14.9. The molecule has 3 rings (SSSR count). The normalized spacial score (nSPS) is 10.5. The highest BCUT2D eigenvalue weighted by atomic mass is 32.2. The minimum Gasteiger partial charge on any atom is -0.497 e. The van der Waals surface area contributed by atoms with E-state index in [9.17, 15) is 4.79 Å². The van der Waals surface area contributed by atoms with Gasteiger partial charge in [-0.3, -0.25) is 4.79 Å². The minimum atomic E-state index is -0.127. The maximum atomic E-state index is 12.0. The Morgan fingerprint density at radius 3 is 2.52 bits per heavy atom. The van der Waals surface area contributed by atoms with E-state index in [1.54, 1.807) is 7.11 Å². The van der Waals surface area contributed by atoms with Crippen LogP contribution in [0.3, 0.4) is 0 Å². The van der Waals surface area contributed by atoms with Crippen LogP contribution in [-0.2, 0) is 4.79 Å². The number of carbonyl (C=O) groups excluding carboxylic acids is 1. The standard InChI is InChI=1S/C18H17N3O3S/c1-12-3-7-14(8-4-12)19-16(22)11-25-18-21-20-17(24-18)13-5-9-15(23-2)10-6-13/h3-10H,11H2,1-2H3,(H,19,22). The second-order valence-corrected chi connectivity index (χ2v) is 6.23. The van der Waals surface area contributed by atoms with Crippen LogP contribution in [0.25, 0.3) is 11.5 Å². The molecule has 128 valence electrons. The fraction of sp³-hybridized carbons (Fsp3) is 0.167. The molecule has 6 nitrogen and oxygen atoms in total. The Morgan fingerprint density at radius 1 is 1.12 bits per heavy atom. The Bertz CT molecular complexity index is 845. The number of ether oxygens (including phenoxy) is 1. The second kappa shape index (κ2) is 7.85. The molecule has 0 saturated heterocycles. The van der Waals surface area contributed by atoms with E-state index in [1.165, 1.54) is 11.8 Å². The molecule has 2 aromatic carbocycles. The summed E-state index contributed by atoms with van der Waals surface area (Å²) in [6.45, 7) is 2.00. The molecule has 0 aliphatic rings. The zero-order valence-electron chi connectivity index (χ0n) is 13.9. The monoisotopic (exact) mass is 355 g/mol. The predicted molar refractivity (Wildman–Crippen MR) is 96.8 cm³/mol. The molecule has 0 fully saturated rings. The lowest BCUT2D eigenvalue weighted by molar-refractivity contribution is -0.113. The van der Waals surface area contributed by atoms with Gasteiger partial charge in [-0.25, -0.2) is 0 Å². The summed E-state index contributed by atoms with van der Waals surface area (Å²) < 4.78 is 10.7. The fourth-order valence-corrected chi connectivity index (χ4v) is 2.64. The third kappa shape index (κ3) is 4.60. The summed E-state index contributed by atoms with van der Waals surface area (Å²) in [5.74, 6) is 1.23. The average molecular weight is 355 g/mol. The summed E-state index contributed by atoms with van der Waals surface area (Å²) in [4.78, 5) is 12.0. The molecule has 0 spiro atoms. The van der Waals surface area contributed by atoms with E-state index in [0.717, 1.165) is 22.6 Å². The van der Waals surface area contributed by atoms with E-state index in [0.29, 0.717) is 11.1 Å². The van der Waals surface area contributed by atoms with Crippen molar-refractivity contribution in [1.29, 1.82) is 0 Å². The fourth-order valence-electron chi connectivity index (χ4n) is 2.08. The molecule has 0 aliphatic carbocycles. The summed E-state index contributed by atoms with van der Waals surface area (Å²) in [7, 11) is 1.61. The largest absolute Gasteiger partial charge is 0.497 e. The van der Waals surface area contributed by atoms with Crippen molar-refractivity contribution in [3.63, 3.8) is 0 Å². The van der Waals surface area contributed by atoms with Crippen LogP contribution in [0.4, 0.5) is 5.69 Å². The van der Waals surface area contributed by atoms with E-state index < -0.39 is 0 Å². The van der Waals surface area contributed by atoms with Gasteiger partial charge in [0.05, 0.1) is 12.9 Å². The summed E-state index contributed by atoms with van der Waals surface area (Å²) >= 11 is 1.20. The Morgan fingerprint density at radius 2 is 1.84 bits per heavy atom. The van der Waals surface area contributed by atoms with Crippen molar-refractivity contribution in [2.24, 2.45) is 0 Å². The first-order valence-corrected chi connectivity index (χ1v) is 8.60. The van der Waals surface area contributed by atoms with E-state index in [1.807, 2.05) is 55.5 Å². The van der Waals surface area contributed by atoms with Crippen molar-refractivity contribution >= 4 is 23.4 Å². The number of hydrogen-bond donors (Lipinski definition) is 1. The van der Waals surface area contributed by atoms with Crippen molar-refractivity contribution in [3.8, 4) is 17.2 Å². The predicted octanol–water partition coefficient (Wildman–Crippen LogP) is 3.78. The quantitative estimate of drug-likeness (QED) is 0.678. The second-order valence-electron chi connectivity index (χ2n) is 5.30. The van der Waals surface area contributed by atoms with E-state index in [2.05, 4.69) is 15.5 Å². The van der Waals surface area contributed by atoms with Gasteiger partial charge in [-0.1, -0.05) is 29.5 Å². The molecule has 0 radical (unpaired) electrons. The van der Waals surface area contributed by atoms with Crippen molar-refractivity contribution in [2.45, 2.75) is 12.1 Å². The molecule has 0 aliphatic heterocycles. The first-order valence-electron chi connectivity index (χ1n) is 7.61. The van der Waals surface area contributed by atoms with Gasteiger partial charge in [-0.05, 0) is 43.3 Å². The zero-order valence-corrected chi connectivity index (χ0v) is 14.7. The van der Waals surface area contributed by atoms with Crippen molar-refractivity contribution < 1.29 is 13.9 Å². The lowest BCUT2D eigenvalue weighted by Crippen LogP contribution is -2.13. The van der Waals surface area contributed by atoms with Crippen molar-refractivity contribution in [2.75, 3.05) is 18.2 Å². The third-order valence-corrected chi connectivity index (χ3v) is 4.22. The molecule has 0 unspecified atom stereocenters. The number of methoxy groups -OCH3 is 1. The Labute approximate surface area is 149 Å². The number of benzene rings is 2. The summed E-state index contributed by atoms with van der Waals surface area (Å²) in [6.07, 6.45) is 0. The topological polar surface area (TPSA) is 77.2 Å². The Balaban J connectivity index is 1.55. The number of rotatable bonds is 6. The van der Waals surface area contributed by atoms with Crippen molar-refractivity contribution in [3.05, 3.63) is 54.1 Å². The lowest BCUT2D eigenvalue weighted by atomic mass is 10.2. The molecular formula is C18H17N3O3S. The molecule has 7 heteroatoms. The summed E-state index contributed by atoms with van der Waals surface area (Å²) in [5, 5.41) is 11.1. The maximum absolute atomic E-state index is 12.0. The third-order valence-electron chi connectivity index (χ3n) is 3.41. The van der Waals surface area contributed by atoms with Gasteiger partial charge in [-0.2, -0.15) is 0 Å². The molecule has 1 heterocycles. The molecule has 25 heavy (non-hydrogen) atoms. The molecule has 1 N–H and O–H groups in total. The number of aromatic nitrogens is 2. The van der Waals surface area contributed by atoms with Gasteiger partial charge >= 0.3 is 0 Å². The smallest absolute Gasteiger partial charge is 0.277 e. The number of anilines is 1. The minimum absolute atomic E-state index is 0.127. The first-order chi connectivity index (χ1) is 12.1.